The third-order valence-corrected chi connectivity index (χ3v) is 2.17. The summed E-state index contributed by atoms with van der Waals surface area (Å²) in [7, 11) is 0. The van der Waals surface area contributed by atoms with Gasteiger partial charge in [-0.1, -0.05) is 6.07 Å². The molecule has 0 aliphatic heterocycles. The Morgan fingerprint density at radius 2 is 1.93 bits per heavy atom. The molecule has 0 heterocycles. The Bertz CT molecular complexity index is 331. The van der Waals surface area contributed by atoms with Gasteiger partial charge in [-0.3, -0.25) is 0 Å². The summed E-state index contributed by atoms with van der Waals surface area (Å²) in [5.41, 5.74) is 11.2. The van der Waals surface area contributed by atoms with E-state index in [-0.39, 0.29) is 18.0 Å². The lowest BCUT2D eigenvalue weighted by molar-refractivity contribution is 0.511. The van der Waals surface area contributed by atoms with E-state index < -0.39 is 17.7 Å². The molecule has 1 rings (SSSR count). The number of benzene rings is 1. The number of rotatable bonds is 3. The van der Waals surface area contributed by atoms with Crippen molar-refractivity contribution < 1.29 is 8.78 Å². The van der Waals surface area contributed by atoms with Gasteiger partial charge in [0.2, 0.25) is 0 Å². The smallest absolute Gasteiger partial charge is 0.133 e. The molecule has 0 bridgehead atoms. The fraction of sp³-hybridized carbons (Fsp3) is 0.400. The average molecular weight is 237 g/mol. The quantitative estimate of drug-likeness (QED) is 0.844. The van der Waals surface area contributed by atoms with Gasteiger partial charge in [0.1, 0.15) is 11.6 Å². The van der Waals surface area contributed by atoms with Crippen LogP contribution in [-0.4, -0.2) is 6.54 Å². The second kappa shape index (κ2) is 6.00. The van der Waals surface area contributed by atoms with E-state index in [2.05, 4.69) is 0 Å². The first kappa shape index (κ1) is 14.3. The summed E-state index contributed by atoms with van der Waals surface area (Å²) in [6, 6.07) is 1.95. The molecule has 1 aromatic carbocycles. The van der Waals surface area contributed by atoms with Crippen molar-refractivity contribution in [3.63, 3.8) is 0 Å². The van der Waals surface area contributed by atoms with E-state index in [9.17, 15) is 8.78 Å². The molecule has 1 atom stereocenters. The van der Waals surface area contributed by atoms with Crippen LogP contribution in [0, 0.1) is 18.6 Å². The molecule has 0 saturated carbocycles. The summed E-state index contributed by atoms with van der Waals surface area (Å²) < 4.78 is 26.7. The van der Waals surface area contributed by atoms with Crippen LogP contribution in [0.4, 0.5) is 8.78 Å². The van der Waals surface area contributed by atoms with Gasteiger partial charge >= 0.3 is 0 Å². The SMILES string of the molecule is Cc1ccc(F)c([C@H](N)CCN)c1F.Cl. The molecule has 4 N–H and O–H groups in total. The number of nitrogens with two attached hydrogens (primary N) is 2. The van der Waals surface area contributed by atoms with Gasteiger partial charge < -0.3 is 11.5 Å². The topological polar surface area (TPSA) is 52.0 Å². The molecule has 0 amide bonds. The maximum Gasteiger partial charge on any atom is 0.133 e. The molecule has 0 aromatic heterocycles. The van der Waals surface area contributed by atoms with Crippen molar-refractivity contribution in [3.05, 3.63) is 34.9 Å². The maximum absolute atomic E-state index is 13.5. The van der Waals surface area contributed by atoms with Crippen LogP contribution in [0.5, 0.6) is 0 Å². The number of hydrogen-bond acceptors (Lipinski definition) is 2. The van der Waals surface area contributed by atoms with Crippen molar-refractivity contribution in [2.75, 3.05) is 6.54 Å². The zero-order valence-corrected chi connectivity index (χ0v) is 9.28. The molecule has 1 aromatic rings. The van der Waals surface area contributed by atoms with Crippen molar-refractivity contribution in [1.82, 2.24) is 0 Å². The van der Waals surface area contributed by atoms with Gasteiger partial charge in [0.25, 0.3) is 0 Å². The molecule has 0 fully saturated rings. The second-order valence-corrected chi connectivity index (χ2v) is 3.28. The molecule has 0 radical (unpaired) electrons. The van der Waals surface area contributed by atoms with Gasteiger partial charge in [-0.05, 0) is 31.5 Å². The highest BCUT2D eigenvalue weighted by Gasteiger charge is 2.17. The van der Waals surface area contributed by atoms with E-state index in [1.807, 2.05) is 0 Å². The van der Waals surface area contributed by atoms with Gasteiger partial charge in [0.05, 0.1) is 0 Å². The van der Waals surface area contributed by atoms with Gasteiger partial charge in [-0.2, -0.15) is 0 Å². The van der Waals surface area contributed by atoms with Crippen molar-refractivity contribution in [3.8, 4) is 0 Å². The van der Waals surface area contributed by atoms with E-state index in [4.69, 9.17) is 11.5 Å². The molecule has 0 spiro atoms. The first-order valence-corrected chi connectivity index (χ1v) is 4.48. The lowest BCUT2D eigenvalue weighted by atomic mass is 10.0. The molecular weight excluding hydrogens is 222 g/mol. The van der Waals surface area contributed by atoms with Crippen LogP contribution in [0.25, 0.3) is 0 Å². The molecule has 5 heteroatoms. The second-order valence-electron chi connectivity index (χ2n) is 3.28. The highest BCUT2D eigenvalue weighted by molar-refractivity contribution is 5.85. The molecule has 86 valence electrons. The molecule has 2 nitrogen and oxygen atoms in total. The van der Waals surface area contributed by atoms with Crippen molar-refractivity contribution in [2.24, 2.45) is 11.5 Å². The van der Waals surface area contributed by atoms with Crippen LogP contribution in [0.1, 0.15) is 23.6 Å². The lowest BCUT2D eigenvalue weighted by Crippen LogP contribution is -2.18. The van der Waals surface area contributed by atoms with Crippen LogP contribution >= 0.6 is 12.4 Å². The Kier molecular flexibility index (Phi) is 5.72. The van der Waals surface area contributed by atoms with Crippen LogP contribution in [0.15, 0.2) is 12.1 Å². The average Bonchev–Trinajstić information content (AvgIpc) is 2.13. The summed E-state index contributed by atoms with van der Waals surface area (Å²) in [5, 5.41) is 0. The Hall–Kier alpha value is -0.710. The molecule has 0 saturated heterocycles. The van der Waals surface area contributed by atoms with E-state index in [0.29, 0.717) is 18.5 Å². The number of halogens is 3. The standard InChI is InChI=1S/C10H14F2N2.ClH/c1-6-2-3-7(11)9(10(6)12)8(14)4-5-13;/h2-3,8H,4-5,13-14H2,1H3;1H/t8-;/m1./s1. The lowest BCUT2D eigenvalue weighted by Gasteiger charge is -2.13. The van der Waals surface area contributed by atoms with Gasteiger partial charge in [0.15, 0.2) is 0 Å². The summed E-state index contributed by atoms with van der Waals surface area (Å²) in [4.78, 5) is 0. The van der Waals surface area contributed by atoms with Crippen LogP contribution < -0.4 is 11.5 Å². The van der Waals surface area contributed by atoms with Crippen molar-refractivity contribution >= 4 is 12.4 Å². The summed E-state index contributed by atoms with van der Waals surface area (Å²) in [6.07, 6.45) is 0.372. The Morgan fingerprint density at radius 1 is 1.33 bits per heavy atom. The van der Waals surface area contributed by atoms with Gasteiger partial charge in [-0.15, -0.1) is 12.4 Å². The highest BCUT2D eigenvalue weighted by atomic mass is 35.5. The van der Waals surface area contributed by atoms with E-state index in [0.717, 1.165) is 0 Å². The molecular formula is C10H15ClF2N2. The van der Waals surface area contributed by atoms with Crippen LogP contribution in [0.2, 0.25) is 0 Å². The van der Waals surface area contributed by atoms with Crippen LogP contribution in [-0.2, 0) is 0 Å². The fourth-order valence-corrected chi connectivity index (χ4v) is 1.34. The Balaban J connectivity index is 0.00000196. The third kappa shape index (κ3) is 3.12. The van der Waals surface area contributed by atoms with E-state index in [1.54, 1.807) is 6.92 Å². The summed E-state index contributed by atoms with van der Waals surface area (Å²) >= 11 is 0. The first-order chi connectivity index (χ1) is 6.57. The van der Waals surface area contributed by atoms with Crippen molar-refractivity contribution in [2.45, 2.75) is 19.4 Å². The van der Waals surface area contributed by atoms with E-state index in [1.165, 1.54) is 12.1 Å². The summed E-state index contributed by atoms with van der Waals surface area (Å²) in [6.45, 7) is 1.89. The molecule has 15 heavy (non-hydrogen) atoms. The number of hydrogen-bond donors (Lipinski definition) is 2. The fourth-order valence-electron chi connectivity index (χ4n) is 1.34. The zero-order valence-electron chi connectivity index (χ0n) is 8.47. The van der Waals surface area contributed by atoms with E-state index >= 15 is 0 Å². The van der Waals surface area contributed by atoms with Crippen molar-refractivity contribution in [1.29, 1.82) is 0 Å². The molecule has 0 unspecified atom stereocenters. The minimum atomic E-state index is -0.667. The highest BCUT2D eigenvalue weighted by Crippen LogP contribution is 2.23. The Labute approximate surface area is 94.1 Å². The molecule has 0 aliphatic carbocycles. The predicted molar refractivity (Wildman–Crippen MR) is 58.9 cm³/mol. The third-order valence-electron chi connectivity index (χ3n) is 2.17. The monoisotopic (exact) mass is 236 g/mol. The Morgan fingerprint density at radius 3 is 2.47 bits per heavy atom. The maximum atomic E-state index is 13.5. The molecule has 0 aliphatic rings. The van der Waals surface area contributed by atoms with Gasteiger partial charge in [0, 0.05) is 11.6 Å². The largest absolute Gasteiger partial charge is 0.330 e. The van der Waals surface area contributed by atoms with Crippen LogP contribution in [0.3, 0.4) is 0 Å². The zero-order chi connectivity index (χ0) is 10.7. The minimum absolute atomic E-state index is 0. The number of aryl methyl sites for hydroxylation is 1. The predicted octanol–water partition coefficient (Wildman–Crippen LogP) is 2.04. The first-order valence-electron chi connectivity index (χ1n) is 4.48. The van der Waals surface area contributed by atoms with Gasteiger partial charge in [-0.25, -0.2) is 8.78 Å². The minimum Gasteiger partial charge on any atom is -0.330 e. The normalized spacial score (nSPS) is 12.1. The summed E-state index contributed by atoms with van der Waals surface area (Å²) in [5.74, 6) is -1.17.